The molecular formula is C25H29FN2O2. The molecule has 2 aromatic carbocycles. The zero-order valence-electron chi connectivity index (χ0n) is 17.3. The largest absolute Gasteiger partial charge is 0.487 e. The fourth-order valence-corrected chi connectivity index (χ4v) is 4.94. The Morgan fingerprint density at radius 2 is 1.83 bits per heavy atom. The monoisotopic (exact) mass is 408 g/mol. The van der Waals surface area contributed by atoms with Gasteiger partial charge in [0.25, 0.3) is 0 Å². The first-order chi connectivity index (χ1) is 14.6. The molecule has 0 bridgehead atoms. The normalized spacial score (nSPS) is 22.9. The predicted octanol–water partition coefficient (Wildman–Crippen LogP) is 4.40. The average Bonchev–Trinajstić information content (AvgIpc) is 3.55. The SMILES string of the molecule is O=C(C[C@@H]1CC2(CCN(Cc3ccc(F)cc3)CC2)Oc2ccccc21)NC1CC1. The predicted molar refractivity (Wildman–Crippen MR) is 114 cm³/mol. The quantitative estimate of drug-likeness (QED) is 0.798. The highest BCUT2D eigenvalue weighted by molar-refractivity contribution is 5.77. The average molecular weight is 409 g/mol. The second-order valence-corrected chi connectivity index (χ2v) is 9.17. The molecule has 0 radical (unpaired) electrons. The number of para-hydroxylation sites is 1. The molecule has 2 heterocycles. The number of nitrogens with one attached hydrogen (secondary N) is 1. The van der Waals surface area contributed by atoms with Gasteiger partial charge in [-0.05, 0) is 61.4 Å². The summed E-state index contributed by atoms with van der Waals surface area (Å²) >= 11 is 0. The smallest absolute Gasteiger partial charge is 0.220 e. The van der Waals surface area contributed by atoms with Crippen LogP contribution in [0.5, 0.6) is 5.75 Å². The van der Waals surface area contributed by atoms with E-state index in [2.05, 4.69) is 16.3 Å². The van der Waals surface area contributed by atoms with E-state index in [1.165, 1.54) is 17.7 Å². The van der Waals surface area contributed by atoms with Crippen LogP contribution in [0.3, 0.4) is 0 Å². The lowest BCUT2D eigenvalue weighted by Gasteiger charge is -2.47. The van der Waals surface area contributed by atoms with Crippen LogP contribution in [0.4, 0.5) is 4.39 Å². The Bertz CT molecular complexity index is 902. The van der Waals surface area contributed by atoms with E-state index in [1.807, 2.05) is 30.3 Å². The Hall–Kier alpha value is -2.40. The summed E-state index contributed by atoms with van der Waals surface area (Å²) in [6.07, 6.45) is 5.56. The van der Waals surface area contributed by atoms with Crippen molar-refractivity contribution in [2.75, 3.05) is 13.1 Å². The van der Waals surface area contributed by atoms with Gasteiger partial charge < -0.3 is 10.1 Å². The van der Waals surface area contributed by atoms with Crippen LogP contribution in [-0.4, -0.2) is 35.5 Å². The minimum Gasteiger partial charge on any atom is -0.487 e. The van der Waals surface area contributed by atoms with Gasteiger partial charge in [-0.15, -0.1) is 0 Å². The third kappa shape index (κ3) is 4.36. The topological polar surface area (TPSA) is 41.6 Å². The number of amides is 1. The Morgan fingerprint density at radius 3 is 2.57 bits per heavy atom. The van der Waals surface area contributed by atoms with Gasteiger partial charge in [0.05, 0.1) is 0 Å². The number of hydrogen-bond acceptors (Lipinski definition) is 3. The molecule has 0 aromatic heterocycles. The van der Waals surface area contributed by atoms with Crippen molar-refractivity contribution in [1.29, 1.82) is 0 Å². The number of nitrogens with zero attached hydrogens (tertiary/aromatic N) is 1. The van der Waals surface area contributed by atoms with Gasteiger partial charge in [-0.3, -0.25) is 9.69 Å². The van der Waals surface area contributed by atoms with Gasteiger partial charge in [-0.25, -0.2) is 4.39 Å². The number of ether oxygens (including phenoxy) is 1. The minimum atomic E-state index is -0.196. The summed E-state index contributed by atoms with van der Waals surface area (Å²) in [5, 5.41) is 3.15. The number of piperidine rings is 1. The number of halogens is 1. The van der Waals surface area contributed by atoms with Crippen molar-refractivity contribution in [2.24, 2.45) is 0 Å². The van der Waals surface area contributed by atoms with Gasteiger partial charge in [0.2, 0.25) is 5.91 Å². The van der Waals surface area contributed by atoms with Crippen LogP contribution in [0.1, 0.15) is 55.6 Å². The van der Waals surface area contributed by atoms with E-state index in [1.54, 1.807) is 0 Å². The maximum absolute atomic E-state index is 13.2. The molecule has 0 unspecified atom stereocenters. The third-order valence-electron chi connectivity index (χ3n) is 6.76. The summed E-state index contributed by atoms with van der Waals surface area (Å²) in [5.74, 6) is 1.13. The van der Waals surface area contributed by atoms with Crippen molar-refractivity contribution in [3.8, 4) is 5.75 Å². The highest BCUT2D eigenvalue weighted by Crippen LogP contribution is 2.46. The van der Waals surface area contributed by atoms with Crippen molar-refractivity contribution < 1.29 is 13.9 Å². The van der Waals surface area contributed by atoms with E-state index in [0.717, 1.165) is 63.1 Å². The van der Waals surface area contributed by atoms with Crippen LogP contribution in [0, 0.1) is 5.82 Å². The van der Waals surface area contributed by atoms with Crippen molar-refractivity contribution in [2.45, 2.75) is 62.6 Å². The van der Waals surface area contributed by atoms with Crippen LogP contribution in [0.2, 0.25) is 0 Å². The van der Waals surface area contributed by atoms with Gasteiger partial charge >= 0.3 is 0 Å². The Labute approximate surface area is 177 Å². The number of fused-ring (bicyclic) bond motifs is 1. The standard InChI is InChI=1S/C25H29FN2O2/c26-20-7-5-18(6-8-20)17-28-13-11-25(12-14-28)16-19(15-24(29)27-21-9-10-21)22-3-1-2-4-23(22)30-25/h1-8,19,21H,9-17H2,(H,27,29)/t19-/m1/s1. The molecule has 158 valence electrons. The minimum absolute atomic E-state index is 0.170. The third-order valence-corrected chi connectivity index (χ3v) is 6.76. The Morgan fingerprint density at radius 1 is 1.10 bits per heavy atom. The highest BCUT2D eigenvalue weighted by atomic mass is 19.1. The van der Waals surface area contributed by atoms with Crippen LogP contribution < -0.4 is 10.1 Å². The summed E-state index contributed by atoms with van der Waals surface area (Å²) < 4.78 is 19.7. The van der Waals surface area contributed by atoms with E-state index in [9.17, 15) is 9.18 Å². The molecule has 1 saturated heterocycles. The molecule has 30 heavy (non-hydrogen) atoms. The van der Waals surface area contributed by atoms with Crippen molar-refractivity contribution in [3.63, 3.8) is 0 Å². The molecule has 2 aromatic rings. The van der Waals surface area contributed by atoms with Crippen LogP contribution in [0.25, 0.3) is 0 Å². The Balaban J connectivity index is 1.26. The summed E-state index contributed by atoms with van der Waals surface area (Å²) in [6.45, 7) is 2.72. The molecule has 4 nitrogen and oxygen atoms in total. The van der Waals surface area contributed by atoms with Gasteiger partial charge in [-0.1, -0.05) is 30.3 Å². The lowest BCUT2D eigenvalue weighted by Crippen LogP contribution is -2.50. The van der Waals surface area contributed by atoms with E-state index < -0.39 is 0 Å². The summed E-state index contributed by atoms with van der Waals surface area (Å²) in [5.41, 5.74) is 2.11. The molecule has 1 amide bonds. The van der Waals surface area contributed by atoms with Crippen molar-refractivity contribution >= 4 is 5.91 Å². The van der Waals surface area contributed by atoms with Gasteiger partial charge in [0.1, 0.15) is 17.2 Å². The van der Waals surface area contributed by atoms with Crippen molar-refractivity contribution in [1.82, 2.24) is 10.2 Å². The number of benzene rings is 2. The number of rotatable bonds is 5. The second-order valence-electron chi connectivity index (χ2n) is 9.17. The van der Waals surface area contributed by atoms with Crippen LogP contribution >= 0.6 is 0 Å². The molecule has 3 aliphatic rings. The molecule has 1 saturated carbocycles. The maximum Gasteiger partial charge on any atom is 0.220 e. The molecule has 5 heteroatoms. The molecule has 5 rings (SSSR count). The van der Waals surface area contributed by atoms with E-state index in [0.29, 0.717) is 12.5 Å². The highest BCUT2D eigenvalue weighted by Gasteiger charge is 2.43. The fraction of sp³-hybridized carbons (Fsp3) is 0.480. The molecule has 1 aliphatic carbocycles. The van der Waals surface area contributed by atoms with Crippen LogP contribution in [0.15, 0.2) is 48.5 Å². The first-order valence-corrected chi connectivity index (χ1v) is 11.1. The number of carbonyl (C=O) groups excluding carboxylic acids is 1. The summed E-state index contributed by atoms with van der Waals surface area (Å²) in [7, 11) is 0. The molecule has 2 aliphatic heterocycles. The molecule has 1 N–H and O–H groups in total. The lowest BCUT2D eigenvalue weighted by molar-refractivity contribution is -0.122. The lowest BCUT2D eigenvalue weighted by atomic mass is 9.76. The fourth-order valence-electron chi connectivity index (χ4n) is 4.94. The van der Waals surface area contributed by atoms with E-state index >= 15 is 0 Å². The van der Waals surface area contributed by atoms with Gasteiger partial charge in [0.15, 0.2) is 0 Å². The second kappa shape index (κ2) is 8.03. The number of carbonyl (C=O) groups is 1. The van der Waals surface area contributed by atoms with Crippen molar-refractivity contribution in [3.05, 3.63) is 65.5 Å². The van der Waals surface area contributed by atoms with Gasteiger partial charge in [-0.2, -0.15) is 0 Å². The number of likely N-dealkylation sites (tertiary alicyclic amines) is 1. The molecule has 2 fully saturated rings. The summed E-state index contributed by atoms with van der Waals surface area (Å²) in [4.78, 5) is 14.9. The first kappa shape index (κ1) is 19.6. The molecule has 1 atom stereocenters. The van der Waals surface area contributed by atoms with E-state index in [-0.39, 0.29) is 23.2 Å². The summed E-state index contributed by atoms with van der Waals surface area (Å²) in [6, 6.07) is 15.4. The van der Waals surface area contributed by atoms with Crippen LogP contribution in [-0.2, 0) is 11.3 Å². The molecule has 1 spiro atoms. The van der Waals surface area contributed by atoms with E-state index in [4.69, 9.17) is 4.74 Å². The Kier molecular flexibility index (Phi) is 5.23. The van der Waals surface area contributed by atoms with Gasteiger partial charge in [0, 0.05) is 38.0 Å². The zero-order chi connectivity index (χ0) is 20.6. The maximum atomic E-state index is 13.2. The first-order valence-electron chi connectivity index (χ1n) is 11.1. The zero-order valence-corrected chi connectivity index (χ0v) is 17.3. The number of hydrogen-bond donors (Lipinski definition) is 1. The molecular weight excluding hydrogens is 379 g/mol.